The molecule has 96 valence electrons. The highest BCUT2D eigenvalue weighted by atomic mass is 35.5. The fraction of sp³-hybridized carbons (Fsp3) is 0.333. The van der Waals surface area contributed by atoms with Crippen molar-refractivity contribution in [3.63, 3.8) is 0 Å². The van der Waals surface area contributed by atoms with Crippen molar-refractivity contribution in [2.75, 3.05) is 18.0 Å². The molecule has 0 N–H and O–H groups in total. The van der Waals surface area contributed by atoms with Gasteiger partial charge >= 0.3 is 0 Å². The summed E-state index contributed by atoms with van der Waals surface area (Å²) in [5.74, 6) is -0.0442. The van der Waals surface area contributed by atoms with Gasteiger partial charge in [0.15, 0.2) is 0 Å². The zero-order chi connectivity index (χ0) is 13.8. The van der Waals surface area contributed by atoms with Gasteiger partial charge in [-0.05, 0) is 29.6 Å². The van der Waals surface area contributed by atoms with Gasteiger partial charge in [-0.1, -0.05) is 16.7 Å². The van der Waals surface area contributed by atoms with Crippen molar-refractivity contribution in [3.8, 4) is 6.07 Å². The van der Waals surface area contributed by atoms with Gasteiger partial charge in [0.25, 0.3) is 0 Å². The summed E-state index contributed by atoms with van der Waals surface area (Å²) < 4.78 is 0. The number of hydrogen-bond acceptors (Lipinski definition) is 3. The van der Waals surface area contributed by atoms with Crippen LogP contribution in [-0.4, -0.2) is 19.0 Å². The molecule has 6 nitrogen and oxygen atoms in total. The Kier molecular flexibility index (Phi) is 3.91. The van der Waals surface area contributed by atoms with Crippen LogP contribution < -0.4 is 4.90 Å². The lowest BCUT2D eigenvalue weighted by Crippen LogP contribution is -2.24. The zero-order valence-electron chi connectivity index (χ0n) is 9.95. The highest BCUT2D eigenvalue weighted by Gasteiger charge is 2.30. The van der Waals surface area contributed by atoms with E-state index >= 15 is 0 Å². The van der Waals surface area contributed by atoms with Gasteiger partial charge < -0.3 is 4.90 Å². The molecule has 0 radical (unpaired) electrons. The van der Waals surface area contributed by atoms with Gasteiger partial charge in [-0.2, -0.15) is 5.26 Å². The van der Waals surface area contributed by atoms with E-state index < -0.39 is 0 Å². The largest absolute Gasteiger partial charge is 0.312 e. The van der Waals surface area contributed by atoms with Crippen molar-refractivity contribution < 1.29 is 4.79 Å². The van der Waals surface area contributed by atoms with Crippen LogP contribution in [0.5, 0.6) is 0 Å². The van der Waals surface area contributed by atoms with Crippen LogP contribution in [0.25, 0.3) is 10.4 Å². The SMILES string of the molecule is N#Cc1cc(Cl)cc(N2CC(CN=[N+]=[N-])CC2=O)c1. The third-order valence-electron chi connectivity index (χ3n) is 2.93. The van der Waals surface area contributed by atoms with Crippen molar-refractivity contribution >= 4 is 23.2 Å². The number of halogens is 1. The maximum absolute atomic E-state index is 11.9. The van der Waals surface area contributed by atoms with Crippen molar-refractivity contribution in [2.45, 2.75) is 6.42 Å². The summed E-state index contributed by atoms with van der Waals surface area (Å²) in [4.78, 5) is 16.2. The van der Waals surface area contributed by atoms with Crippen molar-refractivity contribution in [2.24, 2.45) is 11.0 Å². The summed E-state index contributed by atoms with van der Waals surface area (Å²) in [6.07, 6.45) is 0.341. The molecule has 1 aliphatic rings. The monoisotopic (exact) mass is 275 g/mol. The van der Waals surface area contributed by atoms with Gasteiger partial charge in [0.2, 0.25) is 5.91 Å². The van der Waals surface area contributed by atoms with Gasteiger partial charge in [-0.15, -0.1) is 0 Å². The maximum Gasteiger partial charge on any atom is 0.227 e. The first-order valence-electron chi connectivity index (χ1n) is 5.66. The van der Waals surface area contributed by atoms with E-state index in [0.29, 0.717) is 35.8 Å². The van der Waals surface area contributed by atoms with Gasteiger partial charge in [0.05, 0.1) is 11.6 Å². The Balaban J connectivity index is 2.23. The van der Waals surface area contributed by atoms with Crippen molar-refractivity contribution in [3.05, 3.63) is 39.2 Å². The minimum Gasteiger partial charge on any atom is -0.312 e. The van der Waals surface area contributed by atoms with E-state index in [-0.39, 0.29) is 11.8 Å². The number of rotatable bonds is 3. The number of benzene rings is 1. The van der Waals surface area contributed by atoms with Crippen LogP contribution in [-0.2, 0) is 4.79 Å². The first-order chi connectivity index (χ1) is 9.13. The molecule has 1 aromatic rings. The average Bonchev–Trinajstić information content (AvgIpc) is 2.76. The molecule has 1 atom stereocenters. The molecule has 0 bridgehead atoms. The zero-order valence-corrected chi connectivity index (χ0v) is 10.7. The van der Waals surface area contributed by atoms with E-state index in [0.717, 1.165) is 0 Å². The molecule has 1 fully saturated rings. The minimum atomic E-state index is -0.0516. The first kappa shape index (κ1) is 13.2. The third-order valence-corrected chi connectivity index (χ3v) is 3.15. The summed E-state index contributed by atoms with van der Waals surface area (Å²) in [5.41, 5.74) is 9.31. The molecule has 1 amide bonds. The molecule has 1 saturated heterocycles. The number of azide groups is 1. The molecule has 0 aromatic heterocycles. The minimum absolute atomic E-state index is 0.00733. The van der Waals surface area contributed by atoms with E-state index in [1.165, 1.54) is 0 Å². The van der Waals surface area contributed by atoms with Crippen LogP contribution in [0.2, 0.25) is 5.02 Å². The number of anilines is 1. The predicted molar refractivity (Wildman–Crippen MR) is 70.6 cm³/mol. The lowest BCUT2D eigenvalue weighted by atomic mass is 10.1. The number of nitrogens with zero attached hydrogens (tertiary/aromatic N) is 5. The fourth-order valence-corrected chi connectivity index (χ4v) is 2.33. The van der Waals surface area contributed by atoms with Gasteiger partial charge in [-0.25, -0.2) is 0 Å². The normalized spacial score (nSPS) is 18.0. The summed E-state index contributed by atoms with van der Waals surface area (Å²) in [6.45, 7) is 0.771. The fourth-order valence-electron chi connectivity index (χ4n) is 2.10. The van der Waals surface area contributed by atoms with E-state index in [9.17, 15) is 4.79 Å². The van der Waals surface area contributed by atoms with Gasteiger partial charge in [-0.3, -0.25) is 4.79 Å². The van der Waals surface area contributed by atoms with Crippen molar-refractivity contribution in [1.29, 1.82) is 5.26 Å². The number of carbonyl (C=O) groups is 1. The van der Waals surface area contributed by atoms with Crippen molar-refractivity contribution in [1.82, 2.24) is 0 Å². The number of nitriles is 1. The van der Waals surface area contributed by atoms with Gasteiger partial charge in [0, 0.05) is 35.1 Å². The van der Waals surface area contributed by atoms with Gasteiger partial charge in [0.1, 0.15) is 0 Å². The molecular formula is C12H10ClN5O. The Morgan fingerprint density at radius 2 is 2.37 bits per heavy atom. The summed E-state index contributed by atoms with van der Waals surface area (Å²) in [5, 5.41) is 12.8. The Morgan fingerprint density at radius 3 is 3.05 bits per heavy atom. The highest BCUT2D eigenvalue weighted by molar-refractivity contribution is 6.31. The molecule has 7 heteroatoms. The second kappa shape index (κ2) is 5.61. The lowest BCUT2D eigenvalue weighted by molar-refractivity contribution is -0.117. The Labute approximate surface area is 114 Å². The molecule has 1 aromatic carbocycles. The molecule has 1 aliphatic heterocycles. The van der Waals surface area contributed by atoms with Crippen LogP contribution >= 0.6 is 11.6 Å². The smallest absolute Gasteiger partial charge is 0.227 e. The standard InChI is InChI=1S/C12H10ClN5O/c13-10-1-8(5-14)2-11(4-10)18-7-9(3-12(18)19)6-16-17-15/h1-2,4,9H,3,6-7H2. The number of carbonyl (C=O) groups excluding carboxylic acids is 1. The Bertz CT molecular complexity index is 603. The van der Waals surface area contributed by atoms with E-state index in [2.05, 4.69) is 10.0 Å². The van der Waals surface area contributed by atoms with Crippen LogP contribution in [0.1, 0.15) is 12.0 Å². The highest BCUT2D eigenvalue weighted by Crippen LogP contribution is 2.28. The quantitative estimate of drug-likeness (QED) is 0.482. The van der Waals surface area contributed by atoms with Crippen LogP contribution in [0.15, 0.2) is 23.3 Å². The average molecular weight is 276 g/mol. The Morgan fingerprint density at radius 1 is 1.58 bits per heavy atom. The summed E-state index contributed by atoms with van der Waals surface area (Å²) >= 11 is 5.92. The third kappa shape index (κ3) is 2.97. The molecule has 1 heterocycles. The summed E-state index contributed by atoms with van der Waals surface area (Å²) in [7, 11) is 0. The van der Waals surface area contributed by atoms with Crippen LogP contribution in [0.4, 0.5) is 5.69 Å². The number of amides is 1. The topological polar surface area (TPSA) is 92.9 Å². The molecule has 19 heavy (non-hydrogen) atoms. The molecule has 1 unspecified atom stereocenters. The molecule has 0 spiro atoms. The second-order valence-electron chi connectivity index (χ2n) is 4.30. The maximum atomic E-state index is 11.9. The second-order valence-corrected chi connectivity index (χ2v) is 4.73. The van der Waals surface area contributed by atoms with E-state index in [4.69, 9.17) is 22.4 Å². The van der Waals surface area contributed by atoms with Crippen LogP contribution in [0.3, 0.4) is 0 Å². The van der Waals surface area contributed by atoms with E-state index in [1.807, 2.05) is 6.07 Å². The molecular weight excluding hydrogens is 266 g/mol. The van der Waals surface area contributed by atoms with E-state index in [1.54, 1.807) is 23.1 Å². The summed E-state index contributed by atoms with van der Waals surface area (Å²) in [6, 6.07) is 6.82. The lowest BCUT2D eigenvalue weighted by Gasteiger charge is -2.17. The predicted octanol–water partition coefficient (Wildman–Crippen LogP) is 2.87. The first-order valence-corrected chi connectivity index (χ1v) is 6.03. The molecule has 0 aliphatic carbocycles. The molecule has 2 rings (SSSR count). The van der Waals surface area contributed by atoms with Crippen LogP contribution in [0, 0.1) is 17.2 Å². The molecule has 0 saturated carbocycles. The number of hydrogen-bond donors (Lipinski definition) is 0. The Hall–Kier alpha value is -2.22.